The molecule has 0 amide bonds. The normalized spacial score (nSPS) is 14.3. The SMILES string of the molecule is Cc1ccc(C(c2ccc(Cl)cc2C)C(C)C(N=O)c2ccnc(C)c2)cc1. The number of hydrogen-bond donors (Lipinski definition) is 0. The summed E-state index contributed by atoms with van der Waals surface area (Å²) in [5.41, 5.74) is 6.44. The Labute approximate surface area is 171 Å². The van der Waals surface area contributed by atoms with Crippen molar-refractivity contribution >= 4 is 11.6 Å². The van der Waals surface area contributed by atoms with Crippen LogP contribution in [0.25, 0.3) is 0 Å². The summed E-state index contributed by atoms with van der Waals surface area (Å²) in [6.45, 7) is 8.16. The maximum atomic E-state index is 11.9. The zero-order valence-electron chi connectivity index (χ0n) is 16.7. The standard InChI is InChI=1S/C24H25ClN2O/c1-15-5-7-19(8-6-15)23(22-10-9-21(25)13-16(22)2)18(4)24(27-28)20-11-12-26-17(3)14-20/h5-14,18,23-24H,1-4H3. The molecule has 144 valence electrons. The molecule has 0 spiro atoms. The van der Waals surface area contributed by atoms with Gasteiger partial charge in [0.1, 0.15) is 6.04 Å². The van der Waals surface area contributed by atoms with Gasteiger partial charge in [0.25, 0.3) is 0 Å². The van der Waals surface area contributed by atoms with Crippen molar-refractivity contribution in [1.29, 1.82) is 0 Å². The first-order valence-corrected chi connectivity index (χ1v) is 9.86. The second kappa shape index (κ2) is 8.66. The molecule has 0 fully saturated rings. The third-order valence-corrected chi connectivity index (χ3v) is 5.64. The molecule has 0 saturated heterocycles. The summed E-state index contributed by atoms with van der Waals surface area (Å²) in [4.78, 5) is 16.2. The molecule has 4 heteroatoms. The summed E-state index contributed by atoms with van der Waals surface area (Å²) in [6.07, 6.45) is 1.74. The third-order valence-electron chi connectivity index (χ3n) is 5.40. The molecule has 0 aliphatic carbocycles. The maximum Gasteiger partial charge on any atom is 0.120 e. The van der Waals surface area contributed by atoms with Crippen molar-refractivity contribution in [3.63, 3.8) is 0 Å². The van der Waals surface area contributed by atoms with Crippen molar-refractivity contribution in [1.82, 2.24) is 4.98 Å². The van der Waals surface area contributed by atoms with Crippen LogP contribution in [-0.4, -0.2) is 4.98 Å². The second-order valence-corrected chi connectivity index (χ2v) is 7.97. The topological polar surface area (TPSA) is 42.3 Å². The molecule has 3 rings (SSSR count). The molecule has 1 aromatic heterocycles. The van der Waals surface area contributed by atoms with Crippen LogP contribution in [0.4, 0.5) is 0 Å². The van der Waals surface area contributed by atoms with E-state index in [1.807, 2.05) is 31.2 Å². The number of halogens is 1. The number of aromatic nitrogens is 1. The average Bonchev–Trinajstić information content (AvgIpc) is 2.66. The summed E-state index contributed by atoms with van der Waals surface area (Å²) in [7, 11) is 0. The summed E-state index contributed by atoms with van der Waals surface area (Å²) in [5.74, 6) is -0.0177. The summed E-state index contributed by atoms with van der Waals surface area (Å²) < 4.78 is 0. The Kier molecular flexibility index (Phi) is 6.25. The van der Waals surface area contributed by atoms with Crippen molar-refractivity contribution in [3.05, 3.63) is 104 Å². The summed E-state index contributed by atoms with van der Waals surface area (Å²) in [6, 6.07) is 17.8. The number of pyridine rings is 1. The molecule has 0 bridgehead atoms. The lowest BCUT2D eigenvalue weighted by molar-refractivity contribution is 0.420. The van der Waals surface area contributed by atoms with E-state index in [1.165, 1.54) is 16.7 Å². The van der Waals surface area contributed by atoms with Crippen molar-refractivity contribution in [2.45, 2.75) is 39.7 Å². The zero-order valence-corrected chi connectivity index (χ0v) is 17.4. The Hall–Kier alpha value is -2.52. The molecule has 1 heterocycles. The van der Waals surface area contributed by atoms with Crippen LogP contribution in [0.2, 0.25) is 5.02 Å². The summed E-state index contributed by atoms with van der Waals surface area (Å²) >= 11 is 6.20. The molecular formula is C24H25ClN2O. The van der Waals surface area contributed by atoms with Crippen LogP contribution in [0.15, 0.2) is 66.0 Å². The monoisotopic (exact) mass is 392 g/mol. The van der Waals surface area contributed by atoms with Crippen LogP contribution in [0.1, 0.15) is 52.4 Å². The van der Waals surface area contributed by atoms with E-state index in [-0.39, 0.29) is 11.8 Å². The maximum absolute atomic E-state index is 11.9. The molecule has 0 N–H and O–H groups in total. The van der Waals surface area contributed by atoms with Crippen LogP contribution in [0.5, 0.6) is 0 Å². The van der Waals surface area contributed by atoms with Gasteiger partial charge in [-0.1, -0.05) is 59.6 Å². The van der Waals surface area contributed by atoms with Crippen LogP contribution >= 0.6 is 11.6 Å². The highest BCUT2D eigenvalue weighted by Crippen LogP contribution is 2.42. The van der Waals surface area contributed by atoms with E-state index >= 15 is 0 Å². The molecule has 3 atom stereocenters. The van der Waals surface area contributed by atoms with Gasteiger partial charge in [0.05, 0.1) is 0 Å². The van der Waals surface area contributed by atoms with E-state index in [2.05, 4.69) is 61.3 Å². The fourth-order valence-corrected chi connectivity index (χ4v) is 4.15. The highest BCUT2D eigenvalue weighted by molar-refractivity contribution is 6.30. The lowest BCUT2D eigenvalue weighted by atomic mass is 9.75. The quantitative estimate of drug-likeness (QED) is 0.426. The van der Waals surface area contributed by atoms with Crippen LogP contribution in [-0.2, 0) is 0 Å². The van der Waals surface area contributed by atoms with Gasteiger partial charge in [-0.05, 0) is 73.2 Å². The lowest BCUT2D eigenvalue weighted by Crippen LogP contribution is -2.19. The lowest BCUT2D eigenvalue weighted by Gasteiger charge is -2.30. The number of aryl methyl sites for hydroxylation is 3. The first-order valence-electron chi connectivity index (χ1n) is 9.48. The Morgan fingerprint density at radius 2 is 1.64 bits per heavy atom. The van der Waals surface area contributed by atoms with Crippen molar-refractivity contribution < 1.29 is 0 Å². The minimum Gasteiger partial charge on any atom is -0.262 e. The smallest absolute Gasteiger partial charge is 0.120 e. The Balaban J connectivity index is 2.11. The van der Waals surface area contributed by atoms with E-state index in [1.54, 1.807) is 6.20 Å². The fourth-order valence-electron chi connectivity index (χ4n) is 3.92. The predicted octanol–water partition coefficient (Wildman–Crippen LogP) is 6.94. The number of nitroso groups, excluding NO2 is 1. The molecule has 28 heavy (non-hydrogen) atoms. The Morgan fingerprint density at radius 1 is 0.929 bits per heavy atom. The van der Waals surface area contributed by atoms with Crippen molar-refractivity contribution in [2.24, 2.45) is 11.1 Å². The molecular weight excluding hydrogens is 368 g/mol. The van der Waals surface area contributed by atoms with Crippen molar-refractivity contribution in [3.8, 4) is 0 Å². The molecule has 2 aromatic carbocycles. The minimum atomic E-state index is -0.469. The van der Waals surface area contributed by atoms with Gasteiger partial charge >= 0.3 is 0 Å². The van der Waals surface area contributed by atoms with E-state index in [9.17, 15) is 4.91 Å². The number of nitrogens with zero attached hydrogens (tertiary/aromatic N) is 2. The third kappa shape index (κ3) is 4.31. The van der Waals surface area contributed by atoms with Crippen LogP contribution < -0.4 is 0 Å². The van der Waals surface area contributed by atoms with Crippen LogP contribution in [0.3, 0.4) is 0 Å². The van der Waals surface area contributed by atoms with E-state index in [0.29, 0.717) is 5.02 Å². The second-order valence-electron chi connectivity index (χ2n) is 7.53. The molecule has 0 saturated carbocycles. The van der Waals surface area contributed by atoms with E-state index in [0.717, 1.165) is 16.8 Å². The molecule has 0 aliphatic rings. The fraction of sp³-hybridized carbons (Fsp3) is 0.292. The Bertz CT molecular complexity index is 969. The van der Waals surface area contributed by atoms with Gasteiger partial charge in [-0.25, -0.2) is 0 Å². The number of benzene rings is 2. The number of hydrogen-bond acceptors (Lipinski definition) is 3. The van der Waals surface area contributed by atoms with Gasteiger partial charge in [-0.2, -0.15) is 4.91 Å². The Morgan fingerprint density at radius 3 is 2.25 bits per heavy atom. The number of rotatable bonds is 6. The molecule has 3 nitrogen and oxygen atoms in total. The first-order chi connectivity index (χ1) is 13.4. The molecule has 3 aromatic rings. The zero-order chi connectivity index (χ0) is 20.3. The molecule has 3 unspecified atom stereocenters. The highest BCUT2D eigenvalue weighted by Gasteiger charge is 2.31. The minimum absolute atomic E-state index is 0.0223. The largest absolute Gasteiger partial charge is 0.262 e. The highest BCUT2D eigenvalue weighted by atomic mass is 35.5. The van der Waals surface area contributed by atoms with Gasteiger partial charge in [-0.15, -0.1) is 0 Å². The average molecular weight is 393 g/mol. The molecule has 0 aliphatic heterocycles. The van der Waals surface area contributed by atoms with Gasteiger partial charge in [-0.3, -0.25) is 4.98 Å². The first kappa shape index (κ1) is 20.2. The van der Waals surface area contributed by atoms with Gasteiger partial charge in [0.2, 0.25) is 0 Å². The van der Waals surface area contributed by atoms with Gasteiger partial charge < -0.3 is 0 Å². The van der Waals surface area contributed by atoms with Crippen LogP contribution in [0, 0.1) is 31.6 Å². The van der Waals surface area contributed by atoms with Gasteiger partial charge in [0.15, 0.2) is 0 Å². The van der Waals surface area contributed by atoms with E-state index in [4.69, 9.17) is 11.6 Å². The summed E-state index contributed by atoms with van der Waals surface area (Å²) in [5, 5.41) is 4.25. The van der Waals surface area contributed by atoms with Gasteiger partial charge in [0, 0.05) is 22.8 Å². The predicted molar refractivity (Wildman–Crippen MR) is 116 cm³/mol. The van der Waals surface area contributed by atoms with Crippen molar-refractivity contribution in [2.75, 3.05) is 0 Å². The van der Waals surface area contributed by atoms with E-state index < -0.39 is 6.04 Å². The molecule has 0 radical (unpaired) electrons.